The average molecular weight is 358 g/mol. The molecule has 0 radical (unpaired) electrons. The van der Waals surface area contributed by atoms with E-state index in [0.717, 1.165) is 11.1 Å². The fraction of sp³-hybridized carbons (Fsp3) is 0.0769. The van der Waals surface area contributed by atoms with Crippen LogP contribution in [-0.2, 0) is 0 Å². The molecule has 0 saturated heterocycles. The third-order valence-corrected chi connectivity index (χ3v) is 3.07. The largest absolute Gasteiger partial charge is 0.573 e. The van der Waals surface area contributed by atoms with Gasteiger partial charge in [-0.1, -0.05) is 12.1 Å². The monoisotopic (exact) mass is 357 g/mol. The molecule has 0 atom stereocenters. The van der Waals surface area contributed by atoms with Crippen LogP contribution < -0.4 is 4.74 Å². The molecule has 0 N–H and O–H groups in total. The van der Waals surface area contributed by atoms with Crippen molar-refractivity contribution in [2.24, 2.45) is 0 Å². The van der Waals surface area contributed by atoms with Crippen LogP contribution in [-0.4, -0.2) is 21.0 Å². The van der Waals surface area contributed by atoms with Crippen molar-refractivity contribution in [1.29, 1.82) is 0 Å². The Morgan fingerprint density at radius 2 is 1.81 bits per heavy atom. The molecule has 3 rings (SSSR count). The summed E-state index contributed by atoms with van der Waals surface area (Å²) in [5.41, 5.74) is 2.08. The minimum absolute atomic E-state index is 0.263. The Morgan fingerprint density at radius 1 is 1.10 bits per heavy atom. The molecule has 3 aromatic rings. The van der Waals surface area contributed by atoms with Gasteiger partial charge >= 0.3 is 6.36 Å². The molecule has 21 heavy (non-hydrogen) atoms. The van der Waals surface area contributed by atoms with Crippen LogP contribution in [0.3, 0.4) is 0 Å². The molecule has 108 valence electrons. The predicted octanol–water partition coefficient (Wildman–Crippen LogP) is 4.06. The minimum Gasteiger partial charge on any atom is -0.406 e. The fourth-order valence-electron chi connectivity index (χ4n) is 1.94. The summed E-state index contributed by atoms with van der Waals surface area (Å²) in [5, 5.41) is 4.11. The van der Waals surface area contributed by atoms with Gasteiger partial charge in [0, 0.05) is 11.8 Å². The minimum atomic E-state index is -4.70. The van der Waals surface area contributed by atoms with Gasteiger partial charge in [0.2, 0.25) is 4.73 Å². The van der Waals surface area contributed by atoms with Gasteiger partial charge in [0.25, 0.3) is 0 Å². The molecule has 0 aliphatic heterocycles. The highest BCUT2D eigenvalue weighted by Crippen LogP contribution is 2.28. The van der Waals surface area contributed by atoms with Crippen LogP contribution in [0.1, 0.15) is 0 Å². The molecule has 4 nitrogen and oxygen atoms in total. The van der Waals surface area contributed by atoms with E-state index in [0.29, 0.717) is 10.4 Å². The molecule has 2 aromatic heterocycles. The molecule has 0 saturated carbocycles. The molecular formula is C13H7BrF3N3O. The summed E-state index contributed by atoms with van der Waals surface area (Å²) in [5.74, 6) is -0.263. The van der Waals surface area contributed by atoms with Crippen LogP contribution in [0.5, 0.6) is 5.75 Å². The molecule has 0 spiro atoms. The van der Waals surface area contributed by atoms with Crippen LogP contribution in [0.4, 0.5) is 13.2 Å². The van der Waals surface area contributed by atoms with Crippen LogP contribution in [0.15, 0.2) is 47.3 Å². The van der Waals surface area contributed by atoms with E-state index in [1.807, 2.05) is 6.07 Å². The van der Waals surface area contributed by atoms with Gasteiger partial charge in [-0.2, -0.15) is 0 Å². The van der Waals surface area contributed by atoms with Crippen LogP contribution >= 0.6 is 15.9 Å². The highest BCUT2D eigenvalue weighted by molar-refractivity contribution is 9.10. The van der Waals surface area contributed by atoms with Crippen molar-refractivity contribution in [3.05, 3.63) is 47.3 Å². The van der Waals surface area contributed by atoms with E-state index in [1.165, 1.54) is 12.1 Å². The Kier molecular flexibility index (Phi) is 3.32. The van der Waals surface area contributed by atoms with E-state index >= 15 is 0 Å². The van der Waals surface area contributed by atoms with Crippen molar-refractivity contribution < 1.29 is 17.9 Å². The number of benzene rings is 1. The molecule has 0 amide bonds. The standard InChI is InChI=1S/C13H7BrF3N3O/c14-12-18-11-10(2-1-7-20(11)19-12)8-3-5-9(6-4-8)21-13(15,16)17/h1-7H. The van der Waals surface area contributed by atoms with Crippen molar-refractivity contribution >= 4 is 21.6 Å². The summed E-state index contributed by atoms with van der Waals surface area (Å²) in [6.07, 6.45) is -2.96. The van der Waals surface area contributed by atoms with Gasteiger partial charge in [-0.25, -0.2) is 9.50 Å². The summed E-state index contributed by atoms with van der Waals surface area (Å²) in [6.45, 7) is 0. The smallest absolute Gasteiger partial charge is 0.406 e. The van der Waals surface area contributed by atoms with E-state index in [1.54, 1.807) is 28.9 Å². The molecule has 0 aliphatic carbocycles. The summed E-state index contributed by atoms with van der Waals surface area (Å²) in [6, 6.07) is 9.20. The van der Waals surface area contributed by atoms with Crippen molar-refractivity contribution in [2.75, 3.05) is 0 Å². The van der Waals surface area contributed by atoms with E-state index in [2.05, 4.69) is 30.7 Å². The predicted molar refractivity (Wildman–Crippen MR) is 72.8 cm³/mol. The Hall–Kier alpha value is -2.09. The van der Waals surface area contributed by atoms with Crippen LogP contribution in [0.2, 0.25) is 0 Å². The number of fused-ring (bicyclic) bond motifs is 1. The first-order valence-electron chi connectivity index (χ1n) is 5.79. The first kappa shape index (κ1) is 13.9. The van der Waals surface area contributed by atoms with Gasteiger partial charge in [0.15, 0.2) is 5.65 Å². The number of ether oxygens (including phenoxy) is 1. The first-order chi connectivity index (χ1) is 9.92. The fourth-order valence-corrected chi connectivity index (χ4v) is 2.28. The zero-order chi connectivity index (χ0) is 15.0. The number of pyridine rings is 1. The summed E-state index contributed by atoms with van der Waals surface area (Å²) >= 11 is 3.19. The van der Waals surface area contributed by atoms with E-state index < -0.39 is 6.36 Å². The lowest BCUT2D eigenvalue weighted by molar-refractivity contribution is -0.274. The molecular weight excluding hydrogens is 351 g/mol. The quantitative estimate of drug-likeness (QED) is 0.694. The normalized spacial score (nSPS) is 11.8. The molecule has 8 heteroatoms. The van der Waals surface area contributed by atoms with Gasteiger partial charge in [-0.3, -0.25) is 0 Å². The Labute approximate surface area is 125 Å². The zero-order valence-electron chi connectivity index (χ0n) is 10.3. The van der Waals surface area contributed by atoms with Gasteiger partial charge < -0.3 is 4.74 Å². The topological polar surface area (TPSA) is 39.4 Å². The molecule has 0 bridgehead atoms. The first-order valence-corrected chi connectivity index (χ1v) is 6.59. The lowest BCUT2D eigenvalue weighted by atomic mass is 10.1. The van der Waals surface area contributed by atoms with Crippen molar-refractivity contribution in [3.63, 3.8) is 0 Å². The SMILES string of the molecule is FC(F)(F)Oc1ccc(-c2cccn3nc(Br)nc23)cc1. The lowest BCUT2D eigenvalue weighted by Crippen LogP contribution is -2.16. The number of aromatic nitrogens is 3. The van der Waals surface area contributed by atoms with Crippen LogP contribution in [0, 0.1) is 0 Å². The summed E-state index contributed by atoms with van der Waals surface area (Å²) in [4.78, 5) is 4.23. The average Bonchev–Trinajstić information content (AvgIpc) is 2.78. The number of hydrogen-bond donors (Lipinski definition) is 0. The third kappa shape index (κ3) is 2.99. The molecule has 0 fully saturated rings. The summed E-state index contributed by atoms with van der Waals surface area (Å²) in [7, 11) is 0. The zero-order valence-corrected chi connectivity index (χ0v) is 11.9. The van der Waals surface area contributed by atoms with Gasteiger partial charge in [0.05, 0.1) is 0 Å². The van der Waals surface area contributed by atoms with Gasteiger partial charge in [-0.15, -0.1) is 18.3 Å². The van der Waals surface area contributed by atoms with Crippen molar-refractivity contribution in [3.8, 4) is 16.9 Å². The van der Waals surface area contributed by atoms with Crippen molar-refractivity contribution in [1.82, 2.24) is 14.6 Å². The highest BCUT2D eigenvalue weighted by Gasteiger charge is 2.30. The Balaban J connectivity index is 1.99. The second-order valence-corrected chi connectivity index (χ2v) is 4.85. The van der Waals surface area contributed by atoms with Crippen molar-refractivity contribution in [2.45, 2.75) is 6.36 Å². The Bertz CT molecular complexity index is 783. The second-order valence-electron chi connectivity index (χ2n) is 4.14. The van der Waals surface area contributed by atoms with E-state index in [9.17, 15) is 13.2 Å². The summed E-state index contributed by atoms with van der Waals surface area (Å²) < 4.78 is 42.2. The van der Waals surface area contributed by atoms with E-state index in [-0.39, 0.29) is 5.75 Å². The number of halogens is 4. The number of nitrogens with zero attached hydrogens (tertiary/aromatic N) is 3. The third-order valence-electron chi connectivity index (χ3n) is 2.74. The maximum Gasteiger partial charge on any atom is 0.573 e. The highest BCUT2D eigenvalue weighted by atomic mass is 79.9. The van der Waals surface area contributed by atoms with Crippen LogP contribution in [0.25, 0.3) is 16.8 Å². The van der Waals surface area contributed by atoms with Gasteiger partial charge in [-0.05, 0) is 45.8 Å². The maximum absolute atomic E-state index is 12.1. The number of rotatable bonds is 2. The molecule has 2 heterocycles. The lowest BCUT2D eigenvalue weighted by Gasteiger charge is -2.09. The number of hydrogen-bond acceptors (Lipinski definition) is 3. The molecule has 1 aromatic carbocycles. The molecule has 0 unspecified atom stereocenters. The van der Waals surface area contributed by atoms with Gasteiger partial charge in [0.1, 0.15) is 5.75 Å². The number of alkyl halides is 3. The Morgan fingerprint density at radius 3 is 2.48 bits per heavy atom. The maximum atomic E-state index is 12.1. The molecule has 0 aliphatic rings. The second kappa shape index (κ2) is 5.03. The van der Waals surface area contributed by atoms with E-state index in [4.69, 9.17) is 0 Å².